The molecule has 2 atom stereocenters. The number of carbonyl (C=O) groups is 1. The fourth-order valence-electron chi connectivity index (χ4n) is 0.764. The average molecular weight is 182 g/mol. The molecular formula is C10H18N2O. The summed E-state index contributed by atoms with van der Waals surface area (Å²) >= 11 is 0. The third-order valence-electron chi connectivity index (χ3n) is 2.24. The number of hydrogen-bond donors (Lipinski definition) is 1. The Morgan fingerprint density at radius 1 is 1.38 bits per heavy atom. The van der Waals surface area contributed by atoms with E-state index in [-0.39, 0.29) is 17.2 Å². The first-order valence-corrected chi connectivity index (χ1v) is 4.49. The van der Waals surface area contributed by atoms with Gasteiger partial charge in [0.1, 0.15) is 6.04 Å². The average Bonchev–Trinajstić information content (AvgIpc) is 2.01. The minimum atomic E-state index is -0.405. The van der Waals surface area contributed by atoms with E-state index in [1.54, 1.807) is 6.92 Å². The van der Waals surface area contributed by atoms with Crippen molar-refractivity contribution < 1.29 is 4.79 Å². The van der Waals surface area contributed by atoms with Crippen LogP contribution in [0.25, 0.3) is 0 Å². The molecule has 1 amide bonds. The molecule has 3 nitrogen and oxygen atoms in total. The van der Waals surface area contributed by atoms with Gasteiger partial charge in [-0.25, -0.2) is 0 Å². The van der Waals surface area contributed by atoms with Crippen molar-refractivity contribution in [3.8, 4) is 6.07 Å². The van der Waals surface area contributed by atoms with Gasteiger partial charge >= 0.3 is 0 Å². The minimum Gasteiger partial charge on any atom is -0.340 e. The number of carbonyl (C=O) groups excluding carboxylic acids is 1. The number of hydrogen-bond acceptors (Lipinski definition) is 2. The Morgan fingerprint density at radius 3 is 2.15 bits per heavy atom. The summed E-state index contributed by atoms with van der Waals surface area (Å²) in [6, 6.07) is 1.56. The molecule has 0 radical (unpaired) electrons. The van der Waals surface area contributed by atoms with Crippen LogP contribution in [-0.4, -0.2) is 11.9 Å². The van der Waals surface area contributed by atoms with Crippen molar-refractivity contribution in [2.75, 3.05) is 0 Å². The molecule has 0 aromatic carbocycles. The van der Waals surface area contributed by atoms with Crippen molar-refractivity contribution in [1.82, 2.24) is 5.32 Å². The van der Waals surface area contributed by atoms with Crippen molar-refractivity contribution in [2.45, 2.75) is 40.7 Å². The fraction of sp³-hybridized carbons (Fsp3) is 0.800. The van der Waals surface area contributed by atoms with E-state index in [0.717, 1.165) is 0 Å². The summed E-state index contributed by atoms with van der Waals surface area (Å²) in [5.41, 5.74) is -0.0563. The first kappa shape index (κ1) is 12.0. The molecule has 0 aliphatic heterocycles. The van der Waals surface area contributed by atoms with Crippen molar-refractivity contribution in [3.05, 3.63) is 0 Å². The first-order valence-electron chi connectivity index (χ1n) is 4.49. The van der Waals surface area contributed by atoms with Gasteiger partial charge < -0.3 is 5.32 Å². The van der Waals surface area contributed by atoms with E-state index in [1.807, 2.05) is 33.8 Å². The molecule has 0 aromatic heterocycles. The highest BCUT2D eigenvalue weighted by Gasteiger charge is 2.27. The van der Waals surface area contributed by atoms with E-state index >= 15 is 0 Å². The summed E-state index contributed by atoms with van der Waals surface area (Å²) in [5, 5.41) is 11.1. The summed E-state index contributed by atoms with van der Waals surface area (Å²) in [6.07, 6.45) is 0. The van der Waals surface area contributed by atoms with Gasteiger partial charge in [-0.05, 0) is 12.3 Å². The van der Waals surface area contributed by atoms with Crippen molar-refractivity contribution >= 4 is 5.91 Å². The third kappa shape index (κ3) is 3.93. The van der Waals surface area contributed by atoms with Gasteiger partial charge in [-0.15, -0.1) is 0 Å². The summed E-state index contributed by atoms with van der Waals surface area (Å²) in [4.78, 5) is 11.5. The van der Waals surface area contributed by atoms with Crippen molar-refractivity contribution in [2.24, 2.45) is 11.3 Å². The van der Waals surface area contributed by atoms with Crippen LogP contribution >= 0.6 is 0 Å². The molecule has 0 aliphatic rings. The van der Waals surface area contributed by atoms with Crippen LogP contribution in [0.1, 0.15) is 34.6 Å². The number of nitriles is 1. The fourth-order valence-corrected chi connectivity index (χ4v) is 0.764. The van der Waals surface area contributed by atoms with E-state index in [9.17, 15) is 4.79 Å². The molecule has 0 bridgehead atoms. The molecule has 0 saturated carbocycles. The second kappa shape index (κ2) is 4.27. The van der Waals surface area contributed by atoms with Crippen LogP contribution in [0.15, 0.2) is 0 Å². The molecule has 0 aliphatic carbocycles. The lowest BCUT2D eigenvalue weighted by Crippen LogP contribution is -2.40. The highest BCUT2D eigenvalue weighted by molar-refractivity contribution is 5.79. The van der Waals surface area contributed by atoms with Gasteiger partial charge in [0.25, 0.3) is 0 Å². The van der Waals surface area contributed by atoms with Gasteiger partial charge in [0.05, 0.1) is 6.07 Å². The maximum absolute atomic E-state index is 11.5. The summed E-state index contributed by atoms with van der Waals surface area (Å²) in [7, 11) is 0. The highest BCUT2D eigenvalue weighted by Crippen LogP contribution is 2.25. The molecule has 0 fully saturated rings. The Hall–Kier alpha value is -1.04. The lowest BCUT2D eigenvalue weighted by Gasteiger charge is -2.26. The van der Waals surface area contributed by atoms with Gasteiger partial charge in [-0.3, -0.25) is 4.79 Å². The Balaban J connectivity index is 4.22. The van der Waals surface area contributed by atoms with Crippen molar-refractivity contribution in [3.63, 3.8) is 0 Å². The normalized spacial score (nSPS) is 15.7. The summed E-state index contributed by atoms with van der Waals surface area (Å²) < 4.78 is 0. The zero-order chi connectivity index (χ0) is 10.6. The zero-order valence-electron chi connectivity index (χ0n) is 9.01. The van der Waals surface area contributed by atoms with Gasteiger partial charge in [0, 0.05) is 5.92 Å². The topological polar surface area (TPSA) is 52.9 Å². The van der Waals surface area contributed by atoms with Crippen LogP contribution in [0.5, 0.6) is 0 Å². The molecule has 74 valence electrons. The van der Waals surface area contributed by atoms with Crippen LogP contribution in [0.2, 0.25) is 0 Å². The van der Waals surface area contributed by atoms with E-state index in [2.05, 4.69) is 5.32 Å². The Kier molecular flexibility index (Phi) is 3.93. The minimum absolute atomic E-state index is 0.0541. The highest BCUT2D eigenvalue weighted by atomic mass is 16.1. The SMILES string of the molecule is CC(C#N)NC(=O)C(C)C(C)(C)C. The summed E-state index contributed by atoms with van der Waals surface area (Å²) in [6.45, 7) is 9.57. The Labute approximate surface area is 80.1 Å². The monoisotopic (exact) mass is 182 g/mol. The van der Waals surface area contributed by atoms with Crippen LogP contribution in [-0.2, 0) is 4.79 Å². The molecule has 1 N–H and O–H groups in total. The molecule has 0 aromatic rings. The van der Waals surface area contributed by atoms with E-state index in [0.29, 0.717) is 0 Å². The Morgan fingerprint density at radius 2 is 1.85 bits per heavy atom. The second-order valence-electron chi connectivity index (χ2n) is 4.45. The molecule has 0 saturated heterocycles. The van der Waals surface area contributed by atoms with E-state index in [1.165, 1.54) is 0 Å². The number of nitrogens with one attached hydrogen (secondary N) is 1. The maximum atomic E-state index is 11.5. The molecule has 0 spiro atoms. The van der Waals surface area contributed by atoms with E-state index in [4.69, 9.17) is 5.26 Å². The van der Waals surface area contributed by atoms with E-state index < -0.39 is 6.04 Å². The Bertz CT molecular complexity index is 222. The quantitative estimate of drug-likeness (QED) is 0.706. The van der Waals surface area contributed by atoms with Gasteiger partial charge in [0.15, 0.2) is 0 Å². The predicted molar refractivity (Wildman–Crippen MR) is 51.8 cm³/mol. The standard InChI is InChI=1S/C10H18N2O/c1-7(6-11)12-9(13)8(2)10(3,4)5/h7-8H,1-5H3,(H,12,13). The summed E-state index contributed by atoms with van der Waals surface area (Å²) in [5.74, 6) is -0.134. The molecular weight excluding hydrogens is 164 g/mol. The van der Waals surface area contributed by atoms with Crippen LogP contribution in [0, 0.1) is 22.7 Å². The second-order valence-corrected chi connectivity index (χ2v) is 4.45. The lowest BCUT2D eigenvalue weighted by molar-refractivity contribution is -0.127. The zero-order valence-corrected chi connectivity index (χ0v) is 9.01. The van der Waals surface area contributed by atoms with Gasteiger partial charge in [0.2, 0.25) is 5.91 Å². The third-order valence-corrected chi connectivity index (χ3v) is 2.24. The molecule has 13 heavy (non-hydrogen) atoms. The number of rotatable bonds is 2. The smallest absolute Gasteiger partial charge is 0.224 e. The molecule has 0 rings (SSSR count). The van der Waals surface area contributed by atoms with Gasteiger partial charge in [-0.1, -0.05) is 27.7 Å². The van der Waals surface area contributed by atoms with Crippen LogP contribution in [0.3, 0.4) is 0 Å². The first-order chi connectivity index (χ1) is 5.79. The molecule has 0 heterocycles. The molecule has 2 unspecified atom stereocenters. The predicted octanol–water partition coefficient (Wildman–Crippen LogP) is 1.70. The number of amides is 1. The van der Waals surface area contributed by atoms with Crippen molar-refractivity contribution in [1.29, 1.82) is 5.26 Å². The lowest BCUT2D eigenvalue weighted by atomic mass is 9.81. The largest absolute Gasteiger partial charge is 0.340 e. The molecule has 3 heteroatoms. The number of nitrogens with zero attached hydrogens (tertiary/aromatic N) is 1. The van der Waals surface area contributed by atoms with Crippen LogP contribution in [0.4, 0.5) is 0 Å². The maximum Gasteiger partial charge on any atom is 0.224 e. The van der Waals surface area contributed by atoms with Crippen LogP contribution < -0.4 is 5.32 Å². The van der Waals surface area contributed by atoms with Gasteiger partial charge in [-0.2, -0.15) is 5.26 Å².